The van der Waals surface area contributed by atoms with E-state index < -0.39 is 0 Å². The van der Waals surface area contributed by atoms with Crippen molar-refractivity contribution in [3.63, 3.8) is 0 Å². The Morgan fingerprint density at radius 2 is 1.00 bits per heavy atom. The molecule has 0 saturated heterocycles. The van der Waals surface area contributed by atoms with Crippen LogP contribution in [0.15, 0.2) is 0 Å². The fourth-order valence-electron chi connectivity index (χ4n) is 0. The van der Waals surface area contributed by atoms with Crippen LogP contribution in [0.2, 0.25) is 0 Å². The van der Waals surface area contributed by atoms with Gasteiger partial charge in [0.25, 0.3) is 0 Å². The SMILES string of the molecule is [AlH3].[Au].[Cr].[SnH2].[V]. The molecule has 0 aromatic heterocycles. The van der Waals surface area contributed by atoms with Gasteiger partial charge in [-0.1, -0.05) is 0 Å². The molecule has 5 heteroatoms. The van der Waals surface area contributed by atoms with E-state index in [4.69, 9.17) is 0 Å². The Labute approximate surface area is 97.8 Å². The van der Waals surface area contributed by atoms with Crippen LogP contribution in [-0.4, -0.2) is 41.3 Å². The van der Waals surface area contributed by atoms with E-state index in [1.807, 2.05) is 0 Å². The molecule has 0 unspecified atom stereocenters. The molecule has 0 rings (SSSR count). The molecular weight excluding hydrogens is 446 g/mol. The van der Waals surface area contributed by atoms with Gasteiger partial charge in [0.2, 0.25) is 0 Å². The summed E-state index contributed by atoms with van der Waals surface area (Å²) in [4.78, 5) is 0. The van der Waals surface area contributed by atoms with Gasteiger partial charge in [0.05, 0.1) is 0 Å². The average molecular weight is 451 g/mol. The fourth-order valence-corrected chi connectivity index (χ4v) is 0. The van der Waals surface area contributed by atoms with Gasteiger partial charge in [-0.15, -0.1) is 0 Å². The van der Waals surface area contributed by atoms with Crippen molar-refractivity contribution >= 4 is 41.3 Å². The van der Waals surface area contributed by atoms with Gasteiger partial charge in [0, 0.05) is 58.3 Å². The molecule has 0 heterocycles. The van der Waals surface area contributed by atoms with Gasteiger partial charge in [-0.25, -0.2) is 0 Å². The predicted molar refractivity (Wildman–Crippen MR) is 18.5 cm³/mol. The van der Waals surface area contributed by atoms with Gasteiger partial charge in [-0.05, 0) is 0 Å². The normalized spacial score (nSPS) is 0. The van der Waals surface area contributed by atoms with E-state index in [9.17, 15) is 0 Å². The summed E-state index contributed by atoms with van der Waals surface area (Å²) < 4.78 is 0. The molecule has 0 saturated carbocycles. The van der Waals surface area contributed by atoms with Crippen LogP contribution in [0.5, 0.6) is 0 Å². The van der Waals surface area contributed by atoms with Gasteiger partial charge < -0.3 is 0 Å². The van der Waals surface area contributed by atoms with Crippen molar-refractivity contribution < 1.29 is 58.3 Å². The van der Waals surface area contributed by atoms with Crippen molar-refractivity contribution in [2.75, 3.05) is 0 Å². The zero-order valence-electron chi connectivity index (χ0n) is 1.86. The molecule has 0 atom stereocenters. The topological polar surface area (TPSA) is 0 Å². The maximum Gasteiger partial charge on any atom is 0 e. The van der Waals surface area contributed by atoms with Gasteiger partial charge in [-0.2, -0.15) is 0 Å². The van der Waals surface area contributed by atoms with E-state index in [0.29, 0.717) is 0 Å². The predicted octanol–water partition coefficient (Wildman–Crippen LogP) is -2.11. The van der Waals surface area contributed by atoms with Gasteiger partial charge in [0.1, 0.15) is 0 Å². The van der Waals surface area contributed by atoms with E-state index in [0.717, 1.165) is 0 Å². The summed E-state index contributed by atoms with van der Waals surface area (Å²) in [7, 11) is 0. The van der Waals surface area contributed by atoms with E-state index in [2.05, 4.69) is 0 Å². The minimum absolute atomic E-state index is 0. The van der Waals surface area contributed by atoms with Crippen molar-refractivity contribution in [3.8, 4) is 0 Å². The van der Waals surface area contributed by atoms with Crippen LogP contribution < -0.4 is 0 Å². The second-order valence-electron chi connectivity index (χ2n) is 0. The molecule has 0 nitrogen and oxygen atoms in total. The Balaban J connectivity index is 0. The van der Waals surface area contributed by atoms with Crippen LogP contribution >= 0.6 is 0 Å². The summed E-state index contributed by atoms with van der Waals surface area (Å²) in [5.74, 6) is 0. The Bertz CT molecular complexity index is 11.6. The Morgan fingerprint density at radius 1 is 1.00 bits per heavy atom. The third kappa shape index (κ3) is 19.0. The zero-order chi connectivity index (χ0) is 0. The second kappa shape index (κ2) is 27.1. The van der Waals surface area contributed by atoms with E-state index >= 15 is 0 Å². The van der Waals surface area contributed by atoms with E-state index in [1.54, 1.807) is 0 Å². The molecule has 0 fully saturated rings. The maximum absolute atomic E-state index is 0. The van der Waals surface area contributed by atoms with Crippen LogP contribution in [0.25, 0.3) is 0 Å². The van der Waals surface area contributed by atoms with Crippen molar-refractivity contribution in [2.24, 2.45) is 0 Å². The van der Waals surface area contributed by atoms with Crippen molar-refractivity contribution in [1.82, 2.24) is 0 Å². The van der Waals surface area contributed by atoms with Crippen LogP contribution in [0, 0.1) is 0 Å². The first kappa shape index (κ1) is 41.6. The minimum atomic E-state index is 0. The van der Waals surface area contributed by atoms with Gasteiger partial charge in [0.15, 0.2) is 17.4 Å². The molecule has 0 N–H and O–H groups in total. The molecule has 0 aliphatic rings. The summed E-state index contributed by atoms with van der Waals surface area (Å²) >= 11 is 0. The van der Waals surface area contributed by atoms with Gasteiger partial charge in [-0.3, -0.25) is 0 Å². The molecule has 0 aliphatic carbocycles. The quantitative estimate of drug-likeness (QED) is 0.371. The Hall–Kier alpha value is 3.19. The zero-order valence-corrected chi connectivity index (χ0v) is 10.7. The molecule has 0 amide bonds. The van der Waals surface area contributed by atoms with Crippen LogP contribution in [-0.2, 0) is 58.3 Å². The monoisotopic (exact) mass is 452 g/mol. The first-order valence-corrected chi connectivity index (χ1v) is 0. The molecule has 0 spiro atoms. The number of rotatable bonds is 0. The van der Waals surface area contributed by atoms with Crippen molar-refractivity contribution in [3.05, 3.63) is 0 Å². The summed E-state index contributed by atoms with van der Waals surface area (Å²) in [5.41, 5.74) is 0. The van der Waals surface area contributed by atoms with E-state index in [-0.39, 0.29) is 99.6 Å². The average Bonchev–Trinajstić information content (AvgIpc) is 0. The fraction of sp³-hybridized carbons (Fsp3) is 0. The van der Waals surface area contributed by atoms with Crippen LogP contribution in [0.1, 0.15) is 0 Å². The van der Waals surface area contributed by atoms with Crippen molar-refractivity contribution in [1.29, 1.82) is 0 Å². The van der Waals surface area contributed by atoms with Crippen LogP contribution in [0.3, 0.4) is 0 Å². The molecule has 0 aliphatic heterocycles. The minimum Gasteiger partial charge on any atom is 0 e. The first-order chi connectivity index (χ1) is 0. The molecular formula is H5AlAuCrSnV. The molecule has 0 bridgehead atoms. The first-order valence-electron chi connectivity index (χ1n) is 0. The largest absolute Gasteiger partial charge is 0 e. The third-order valence-corrected chi connectivity index (χ3v) is 0. The molecule has 0 aromatic carbocycles. The molecule has 5 heavy (non-hydrogen) atoms. The summed E-state index contributed by atoms with van der Waals surface area (Å²) in [5, 5.41) is 0. The summed E-state index contributed by atoms with van der Waals surface area (Å²) in [6.45, 7) is 0. The third-order valence-electron chi connectivity index (χ3n) is 0. The van der Waals surface area contributed by atoms with Crippen LogP contribution in [0.4, 0.5) is 0 Å². The standard InChI is InChI=1S/Al.Au.Cr.Sn.V.5H. The maximum atomic E-state index is 0. The Kier molecular flexibility index (Phi) is 225. The molecule has 0 aromatic rings. The summed E-state index contributed by atoms with van der Waals surface area (Å²) in [6, 6.07) is 0. The van der Waals surface area contributed by atoms with E-state index in [1.165, 1.54) is 0 Å². The smallest absolute Gasteiger partial charge is 0 e. The molecule has 4 radical (unpaired) electrons. The van der Waals surface area contributed by atoms with Crippen molar-refractivity contribution in [2.45, 2.75) is 0 Å². The Morgan fingerprint density at radius 3 is 1.00 bits per heavy atom. The van der Waals surface area contributed by atoms with Gasteiger partial charge >= 0.3 is 23.9 Å². The summed E-state index contributed by atoms with van der Waals surface area (Å²) in [6.07, 6.45) is 0. The molecule has 34 valence electrons. The number of hydrogen-bond donors (Lipinski definition) is 0. The number of hydrogen-bond acceptors (Lipinski definition) is 0. The second-order valence-corrected chi connectivity index (χ2v) is 0.